The fourth-order valence-electron chi connectivity index (χ4n) is 3.18. The molecule has 2 heterocycles. The molecule has 0 saturated carbocycles. The van der Waals surface area contributed by atoms with Gasteiger partial charge in [-0.2, -0.15) is 0 Å². The Labute approximate surface area is 134 Å². The summed E-state index contributed by atoms with van der Waals surface area (Å²) >= 11 is 1.99. The molecule has 120 valence electrons. The second kappa shape index (κ2) is 8.28. The molecule has 0 aromatic carbocycles. The molecule has 2 rings (SSSR count). The number of nitrogens with zero attached hydrogens (tertiary/aromatic N) is 2. The highest BCUT2D eigenvalue weighted by molar-refractivity contribution is 7.11. The van der Waals surface area contributed by atoms with Crippen LogP contribution in [0.5, 0.6) is 0 Å². The molecular formula is C17H31N3S. The van der Waals surface area contributed by atoms with Crippen molar-refractivity contribution in [3.8, 4) is 0 Å². The third-order valence-electron chi connectivity index (χ3n) is 4.54. The van der Waals surface area contributed by atoms with Gasteiger partial charge in [0.2, 0.25) is 0 Å². The maximum atomic E-state index is 3.70. The van der Waals surface area contributed by atoms with Crippen LogP contribution in [0.25, 0.3) is 0 Å². The third-order valence-corrected chi connectivity index (χ3v) is 5.79. The van der Waals surface area contributed by atoms with E-state index in [0.29, 0.717) is 12.1 Å². The molecule has 1 fully saturated rings. The molecule has 3 nitrogen and oxygen atoms in total. The minimum atomic E-state index is 0.595. The third kappa shape index (κ3) is 5.06. The molecule has 1 aromatic heterocycles. The summed E-state index contributed by atoms with van der Waals surface area (Å²) in [5.41, 5.74) is 0. The highest BCUT2D eigenvalue weighted by Crippen LogP contribution is 2.21. The average Bonchev–Trinajstić information content (AvgIpc) is 2.91. The van der Waals surface area contributed by atoms with E-state index in [2.05, 4.69) is 55.2 Å². The molecule has 0 bridgehead atoms. The molecule has 4 heteroatoms. The summed E-state index contributed by atoms with van der Waals surface area (Å²) in [4.78, 5) is 8.05. The van der Waals surface area contributed by atoms with Crippen LogP contribution >= 0.6 is 11.3 Å². The number of rotatable bonds is 7. The van der Waals surface area contributed by atoms with Gasteiger partial charge in [-0.3, -0.25) is 0 Å². The van der Waals surface area contributed by atoms with Gasteiger partial charge in [-0.25, -0.2) is 0 Å². The van der Waals surface area contributed by atoms with E-state index >= 15 is 0 Å². The topological polar surface area (TPSA) is 18.5 Å². The van der Waals surface area contributed by atoms with E-state index in [4.69, 9.17) is 0 Å². The van der Waals surface area contributed by atoms with Gasteiger partial charge >= 0.3 is 0 Å². The molecule has 1 N–H and O–H groups in total. The van der Waals surface area contributed by atoms with Gasteiger partial charge in [0.15, 0.2) is 0 Å². The molecule has 1 aliphatic rings. The minimum Gasteiger partial charge on any atom is -0.314 e. The van der Waals surface area contributed by atoms with Crippen LogP contribution in [0, 0.1) is 0 Å². The SMILES string of the molecule is CCNC(Cc1ccc(CC)s1)CC1CN(C)CCN1C. The number of thiophene rings is 1. The van der Waals surface area contributed by atoms with Gasteiger partial charge < -0.3 is 15.1 Å². The van der Waals surface area contributed by atoms with Crippen LogP contribution in [0.2, 0.25) is 0 Å². The van der Waals surface area contributed by atoms with Crippen LogP contribution in [0.4, 0.5) is 0 Å². The lowest BCUT2D eigenvalue weighted by molar-refractivity contribution is 0.101. The van der Waals surface area contributed by atoms with Crippen LogP contribution in [0.3, 0.4) is 0 Å². The van der Waals surface area contributed by atoms with E-state index in [1.54, 1.807) is 0 Å². The second-order valence-corrected chi connectivity index (χ2v) is 7.57. The monoisotopic (exact) mass is 309 g/mol. The maximum absolute atomic E-state index is 3.70. The summed E-state index contributed by atoms with van der Waals surface area (Å²) in [6, 6.07) is 5.89. The normalized spacial score (nSPS) is 22.6. The molecule has 21 heavy (non-hydrogen) atoms. The lowest BCUT2D eigenvalue weighted by atomic mass is 10.0. The summed E-state index contributed by atoms with van der Waals surface area (Å²) in [5.74, 6) is 0. The van der Waals surface area contributed by atoms with Crippen molar-refractivity contribution in [1.82, 2.24) is 15.1 Å². The van der Waals surface area contributed by atoms with Crippen molar-refractivity contribution in [2.45, 2.75) is 45.2 Å². The molecule has 2 atom stereocenters. The van der Waals surface area contributed by atoms with Gasteiger partial charge in [-0.1, -0.05) is 13.8 Å². The van der Waals surface area contributed by atoms with Gasteiger partial charge in [0.1, 0.15) is 0 Å². The van der Waals surface area contributed by atoms with Crippen molar-refractivity contribution in [3.63, 3.8) is 0 Å². The Hall–Kier alpha value is -0.420. The number of piperazine rings is 1. The van der Waals surface area contributed by atoms with E-state index in [1.165, 1.54) is 42.2 Å². The quantitative estimate of drug-likeness (QED) is 0.835. The van der Waals surface area contributed by atoms with Gasteiger partial charge in [-0.05, 0) is 52.0 Å². The average molecular weight is 310 g/mol. The zero-order valence-corrected chi connectivity index (χ0v) is 14.9. The summed E-state index contributed by atoms with van der Waals surface area (Å²) in [6.45, 7) is 9.11. The Balaban J connectivity index is 1.94. The first-order valence-corrected chi connectivity index (χ1v) is 9.13. The Morgan fingerprint density at radius 2 is 2.00 bits per heavy atom. The maximum Gasteiger partial charge on any atom is 0.0235 e. The first kappa shape index (κ1) is 16.9. The lowest BCUT2D eigenvalue weighted by Gasteiger charge is -2.39. The van der Waals surface area contributed by atoms with Crippen LogP contribution in [0.15, 0.2) is 12.1 Å². The molecule has 0 radical (unpaired) electrons. The van der Waals surface area contributed by atoms with Crippen LogP contribution < -0.4 is 5.32 Å². The second-order valence-electron chi connectivity index (χ2n) is 6.31. The van der Waals surface area contributed by atoms with Gasteiger partial charge in [0.05, 0.1) is 0 Å². The van der Waals surface area contributed by atoms with E-state index in [1.807, 2.05) is 11.3 Å². The standard InChI is InChI=1S/C17H31N3S/c1-5-16-7-8-17(21-16)12-14(18-6-2)11-15-13-19(3)9-10-20(15)4/h7-8,14-15,18H,5-6,9-13H2,1-4H3. The predicted octanol–water partition coefficient (Wildman–Crippen LogP) is 2.47. The van der Waals surface area contributed by atoms with E-state index in [0.717, 1.165) is 13.0 Å². The summed E-state index contributed by atoms with van der Waals surface area (Å²) in [5, 5.41) is 3.70. The summed E-state index contributed by atoms with van der Waals surface area (Å²) < 4.78 is 0. The predicted molar refractivity (Wildman–Crippen MR) is 93.4 cm³/mol. The first-order valence-electron chi connectivity index (χ1n) is 8.32. The fourth-order valence-corrected chi connectivity index (χ4v) is 4.21. The van der Waals surface area contributed by atoms with E-state index in [-0.39, 0.29) is 0 Å². The van der Waals surface area contributed by atoms with Crippen molar-refractivity contribution in [2.24, 2.45) is 0 Å². The van der Waals surface area contributed by atoms with E-state index in [9.17, 15) is 0 Å². The molecular weight excluding hydrogens is 278 g/mol. The highest BCUT2D eigenvalue weighted by atomic mass is 32.1. The van der Waals surface area contributed by atoms with E-state index < -0.39 is 0 Å². The zero-order chi connectivity index (χ0) is 15.2. The first-order chi connectivity index (χ1) is 10.1. The lowest BCUT2D eigenvalue weighted by Crippen LogP contribution is -2.52. The smallest absolute Gasteiger partial charge is 0.0235 e. The molecule has 0 spiro atoms. The number of hydrogen-bond acceptors (Lipinski definition) is 4. The Morgan fingerprint density at radius 3 is 2.67 bits per heavy atom. The van der Waals surface area contributed by atoms with Crippen molar-refractivity contribution in [3.05, 3.63) is 21.9 Å². The molecule has 1 aromatic rings. The molecule has 1 saturated heterocycles. The van der Waals surface area contributed by atoms with Crippen molar-refractivity contribution < 1.29 is 0 Å². The van der Waals surface area contributed by atoms with Crippen LogP contribution in [0.1, 0.15) is 30.0 Å². The summed E-state index contributed by atoms with van der Waals surface area (Å²) in [6.07, 6.45) is 3.58. The van der Waals surface area contributed by atoms with Gasteiger partial charge in [-0.15, -0.1) is 11.3 Å². The zero-order valence-electron chi connectivity index (χ0n) is 14.1. The largest absolute Gasteiger partial charge is 0.314 e. The van der Waals surface area contributed by atoms with Gasteiger partial charge in [0.25, 0.3) is 0 Å². The molecule has 1 aliphatic heterocycles. The summed E-state index contributed by atoms with van der Waals surface area (Å²) in [7, 11) is 4.52. The highest BCUT2D eigenvalue weighted by Gasteiger charge is 2.25. The van der Waals surface area contributed by atoms with Crippen molar-refractivity contribution in [1.29, 1.82) is 0 Å². The van der Waals surface area contributed by atoms with Crippen LogP contribution in [-0.2, 0) is 12.8 Å². The molecule has 2 unspecified atom stereocenters. The number of aryl methyl sites for hydroxylation is 1. The molecule has 0 aliphatic carbocycles. The van der Waals surface area contributed by atoms with Crippen molar-refractivity contribution >= 4 is 11.3 Å². The van der Waals surface area contributed by atoms with Crippen LogP contribution in [-0.4, -0.2) is 62.2 Å². The fraction of sp³-hybridized carbons (Fsp3) is 0.765. The minimum absolute atomic E-state index is 0.595. The number of nitrogens with one attached hydrogen (secondary N) is 1. The van der Waals surface area contributed by atoms with Gasteiger partial charge in [0, 0.05) is 41.5 Å². The Bertz CT molecular complexity index is 418. The Kier molecular flexibility index (Phi) is 6.68. The number of hydrogen-bond donors (Lipinski definition) is 1. The molecule has 0 amide bonds. The Morgan fingerprint density at radius 1 is 1.24 bits per heavy atom. The van der Waals surface area contributed by atoms with Crippen molar-refractivity contribution in [2.75, 3.05) is 40.3 Å². The number of likely N-dealkylation sites (N-methyl/N-ethyl adjacent to an activating group) is 3.